The zero-order valence-electron chi connectivity index (χ0n) is 12.4. The number of hydrogen-bond acceptors (Lipinski definition) is 4. The molecule has 1 aliphatic rings. The summed E-state index contributed by atoms with van der Waals surface area (Å²) < 4.78 is 5.08. The van der Waals surface area contributed by atoms with Crippen molar-refractivity contribution in [3.63, 3.8) is 0 Å². The lowest BCUT2D eigenvalue weighted by atomic mass is 10.1. The minimum atomic E-state index is -0.608. The highest BCUT2D eigenvalue weighted by Gasteiger charge is 2.25. The number of amides is 1. The van der Waals surface area contributed by atoms with Crippen molar-refractivity contribution in [2.75, 3.05) is 18.1 Å². The fourth-order valence-corrected chi connectivity index (χ4v) is 2.60. The summed E-state index contributed by atoms with van der Waals surface area (Å²) in [6, 6.07) is 15.9. The molecule has 1 amide bonds. The lowest BCUT2D eigenvalue weighted by Gasteiger charge is -2.17. The summed E-state index contributed by atoms with van der Waals surface area (Å²) in [6.07, 6.45) is 0.806. The summed E-state index contributed by atoms with van der Waals surface area (Å²) in [4.78, 5) is 25.9. The normalized spacial score (nSPS) is 12.4. The molecule has 0 bridgehead atoms. The Bertz CT molecular complexity index is 808. The van der Waals surface area contributed by atoms with E-state index in [0.717, 1.165) is 17.7 Å². The van der Waals surface area contributed by atoms with E-state index in [1.165, 1.54) is 6.07 Å². The Morgan fingerprint density at radius 1 is 1.17 bits per heavy atom. The van der Waals surface area contributed by atoms with Gasteiger partial charge in [0.15, 0.2) is 6.61 Å². The van der Waals surface area contributed by atoms with Gasteiger partial charge in [-0.3, -0.25) is 4.79 Å². The van der Waals surface area contributed by atoms with Crippen LogP contribution in [-0.4, -0.2) is 25.0 Å². The zero-order valence-corrected chi connectivity index (χ0v) is 12.4. The molecule has 0 fully saturated rings. The Balaban J connectivity index is 1.64. The number of carbonyl (C=O) groups is 2. The number of rotatable bonds is 3. The summed E-state index contributed by atoms with van der Waals surface area (Å²) in [5, 5.41) is 8.84. The molecular formula is C18H14N2O3. The number of esters is 1. The van der Waals surface area contributed by atoms with Gasteiger partial charge in [-0.05, 0) is 36.2 Å². The molecule has 0 spiro atoms. The molecule has 114 valence electrons. The summed E-state index contributed by atoms with van der Waals surface area (Å²) in [5.74, 6) is -0.859. The molecule has 0 saturated heterocycles. The molecule has 5 heteroatoms. The number of ether oxygens (including phenoxy) is 1. The molecule has 0 radical (unpaired) electrons. The van der Waals surface area contributed by atoms with Crippen LogP contribution in [0.15, 0.2) is 48.5 Å². The van der Waals surface area contributed by atoms with Gasteiger partial charge >= 0.3 is 5.97 Å². The molecule has 0 aromatic heterocycles. The summed E-state index contributed by atoms with van der Waals surface area (Å²) in [6.45, 7) is 0.281. The molecule has 3 rings (SSSR count). The van der Waals surface area contributed by atoms with Crippen molar-refractivity contribution in [1.82, 2.24) is 0 Å². The number of fused-ring (bicyclic) bond motifs is 1. The van der Waals surface area contributed by atoms with E-state index in [1.807, 2.05) is 30.3 Å². The first-order valence-corrected chi connectivity index (χ1v) is 7.24. The highest BCUT2D eigenvalue weighted by atomic mass is 16.5. The van der Waals surface area contributed by atoms with E-state index < -0.39 is 5.97 Å². The number of para-hydroxylation sites is 1. The van der Waals surface area contributed by atoms with Crippen molar-refractivity contribution in [3.05, 3.63) is 65.2 Å². The maximum atomic E-state index is 12.3. The second kappa shape index (κ2) is 6.32. The van der Waals surface area contributed by atoms with Crippen molar-refractivity contribution in [3.8, 4) is 6.07 Å². The number of nitrogens with zero attached hydrogens (tertiary/aromatic N) is 2. The van der Waals surface area contributed by atoms with Crippen LogP contribution in [0.5, 0.6) is 0 Å². The van der Waals surface area contributed by atoms with Gasteiger partial charge in [0.05, 0.1) is 17.2 Å². The molecule has 23 heavy (non-hydrogen) atoms. The van der Waals surface area contributed by atoms with Crippen molar-refractivity contribution >= 4 is 17.6 Å². The lowest BCUT2D eigenvalue weighted by molar-refractivity contribution is -0.121. The molecule has 0 atom stereocenters. The van der Waals surface area contributed by atoms with Crippen molar-refractivity contribution in [2.24, 2.45) is 0 Å². The van der Waals surface area contributed by atoms with E-state index in [-0.39, 0.29) is 18.1 Å². The number of nitriles is 1. The van der Waals surface area contributed by atoms with Crippen LogP contribution in [0.4, 0.5) is 5.69 Å². The first-order valence-electron chi connectivity index (χ1n) is 7.24. The summed E-state index contributed by atoms with van der Waals surface area (Å²) in [5.41, 5.74) is 2.63. The number of carbonyl (C=O) groups excluding carboxylic acids is 2. The first kappa shape index (κ1) is 14.8. The van der Waals surface area contributed by atoms with Crippen LogP contribution in [0, 0.1) is 11.3 Å². The van der Waals surface area contributed by atoms with Crippen LogP contribution >= 0.6 is 0 Å². The molecular weight excluding hydrogens is 292 g/mol. The summed E-state index contributed by atoms with van der Waals surface area (Å²) in [7, 11) is 0. The minimum Gasteiger partial charge on any atom is -0.452 e. The van der Waals surface area contributed by atoms with Crippen LogP contribution in [0.2, 0.25) is 0 Å². The third-order valence-electron chi connectivity index (χ3n) is 3.74. The fourth-order valence-electron chi connectivity index (χ4n) is 2.60. The lowest BCUT2D eigenvalue weighted by Crippen LogP contribution is -2.33. The van der Waals surface area contributed by atoms with Gasteiger partial charge in [0.2, 0.25) is 0 Å². The van der Waals surface area contributed by atoms with Crippen molar-refractivity contribution < 1.29 is 14.3 Å². The second-order valence-corrected chi connectivity index (χ2v) is 5.19. The molecule has 0 unspecified atom stereocenters. The van der Waals surface area contributed by atoms with E-state index in [1.54, 1.807) is 23.1 Å². The average Bonchev–Trinajstić information content (AvgIpc) is 3.03. The van der Waals surface area contributed by atoms with E-state index in [2.05, 4.69) is 0 Å². The molecule has 5 nitrogen and oxygen atoms in total. The summed E-state index contributed by atoms with van der Waals surface area (Å²) >= 11 is 0. The van der Waals surface area contributed by atoms with E-state index in [0.29, 0.717) is 12.1 Å². The second-order valence-electron chi connectivity index (χ2n) is 5.19. The standard InChI is InChI=1S/C18H14N2O3/c19-11-13-4-3-6-15(10-13)18(22)23-12-17(21)20-9-8-14-5-1-2-7-16(14)20/h1-7,10H,8-9,12H2. The van der Waals surface area contributed by atoms with Crippen LogP contribution in [0.1, 0.15) is 21.5 Å². The quantitative estimate of drug-likeness (QED) is 0.816. The van der Waals surface area contributed by atoms with Crippen LogP contribution in [-0.2, 0) is 16.0 Å². The maximum Gasteiger partial charge on any atom is 0.338 e. The molecule has 1 aliphatic heterocycles. The van der Waals surface area contributed by atoms with Crippen LogP contribution < -0.4 is 4.90 Å². The van der Waals surface area contributed by atoms with E-state index in [4.69, 9.17) is 10.00 Å². The van der Waals surface area contributed by atoms with Gasteiger partial charge < -0.3 is 9.64 Å². The largest absolute Gasteiger partial charge is 0.452 e. The highest BCUT2D eigenvalue weighted by Crippen LogP contribution is 2.27. The van der Waals surface area contributed by atoms with Crippen LogP contribution in [0.3, 0.4) is 0 Å². The monoisotopic (exact) mass is 306 g/mol. The number of benzene rings is 2. The minimum absolute atomic E-state index is 0.250. The Kier molecular flexibility index (Phi) is 4.07. The fraction of sp³-hybridized carbons (Fsp3) is 0.167. The molecule has 0 aliphatic carbocycles. The molecule has 1 heterocycles. The first-order chi connectivity index (χ1) is 11.2. The van der Waals surface area contributed by atoms with E-state index >= 15 is 0 Å². The predicted molar refractivity (Wildman–Crippen MR) is 83.9 cm³/mol. The van der Waals surface area contributed by atoms with Gasteiger partial charge in [-0.1, -0.05) is 24.3 Å². The van der Waals surface area contributed by atoms with Gasteiger partial charge in [-0.2, -0.15) is 5.26 Å². The third kappa shape index (κ3) is 3.06. The molecule has 0 saturated carbocycles. The molecule has 2 aromatic carbocycles. The topological polar surface area (TPSA) is 70.4 Å². The van der Waals surface area contributed by atoms with Gasteiger partial charge in [-0.25, -0.2) is 4.79 Å². The van der Waals surface area contributed by atoms with E-state index in [9.17, 15) is 9.59 Å². The van der Waals surface area contributed by atoms with Gasteiger partial charge in [0.1, 0.15) is 0 Å². The van der Waals surface area contributed by atoms with Crippen molar-refractivity contribution in [1.29, 1.82) is 5.26 Å². The zero-order chi connectivity index (χ0) is 16.2. The SMILES string of the molecule is N#Cc1cccc(C(=O)OCC(=O)N2CCc3ccccc32)c1. The Morgan fingerprint density at radius 3 is 2.83 bits per heavy atom. The molecule has 2 aromatic rings. The van der Waals surface area contributed by atoms with Gasteiger partial charge in [-0.15, -0.1) is 0 Å². The third-order valence-corrected chi connectivity index (χ3v) is 3.74. The Morgan fingerprint density at radius 2 is 2.00 bits per heavy atom. The van der Waals surface area contributed by atoms with Gasteiger partial charge in [0.25, 0.3) is 5.91 Å². The predicted octanol–water partition coefficient (Wildman–Crippen LogP) is 2.30. The Labute approximate surface area is 133 Å². The van der Waals surface area contributed by atoms with Crippen LogP contribution in [0.25, 0.3) is 0 Å². The van der Waals surface area contributed by atoms with Gasteiger partial charge in [0, 0.05) is 12.2 Å². The average molecular weight is 306 g/mol. The number of anilines is 1. The molecule has 0 N–H and O–H groups in total. The highest BCUT2D eigenvalue weighted by molar-refractivity contribution is 5.98. The maximum absolute atomic E-state index is 12.3. The van der Waals surface area contributed by atoms with Crippen molar-refractivity contribution in [2.45, 2.75) is 6.42 Å². The smallest absolute Gasteiger partial charge is 0.338 e. The Hall–Kier alpha value is -3.13. The number of hydrogen-bond donors (Lipinski definition) is 0.